The standard InChI is InChI=1S/C28H23Cl2N3O/c1-33-18-31-17-26(33)28(34,21-9-12-23(29)13-10-21)22-11-14-25-24(16-22)20(15-27(30)32-25)8-7-19-5-3-2-4-6-19/h2-6,9-18,34H,7-8H2,1H3. The van der Waals surface area contributed by atoms with Gasteiger partial charge in [0.05, 0.1) is 23.7 Å². The number of hydrogen-bond acceptors (Lipinski definition) is 3. The number of aliphatic hydroxyl groups is 1. The maximum Gasteiger partial charge on any atom is 0.156 e. The first kappa shape index (κ1) is 22.6. The van der Waals surface area contributed by atoms with Crippen LogP contribution < -0.4 is 0 Å². The molecular formula is C28H23Cl2N3O. The third-order valence-corrected chi connectivity index (χ3v) is 6.70. The number of hydrogen-bond donors (Lipinski definition) is 1. The number of imidazole rings is 1. The second-order valence-electron chi connectivity index (χ2n) is 8.43. The van der Waals surface area contributed by atoms with Crippen molar-refractivity contribution in [2.24, 2.45) is 7.05 Å². The molecule has 0 saturated heterocycles. The van der Waals surface area contributed by atoms with Gasteiger partial charge in [0, 0.05) is 17.5 Å². The van der Waals surface area contributed by atoms with Crippen molar-refractivity contribution in [3.05, 3.63) is 130 Å². The first-order valence-electron chi connectivity index (χ1n) is 11.0. The van der Waals surface area contributed by atoms with Crippen molar-refractivity contribution in [2.45, 2.75) is 18.4 Å². The topological polar surface area (TPSA) is 50.9 Å². The molecular weight excluding hydrogens is 465 g/mol. The highest BCUT2D eigenvalue weighted by Crippen LogP contribution is 2.38. The van der Waals surface area contributed by atoms with E-state index in [0.29, 0.717) is 21.4 Å². The Balaban J connectivity index is 1.66. The number of halogens is 2. The van der Waals surface area contributed by atoms with E-state index >= 15 is 0 Å². The van der Waals surface area contributed by atoms with Gasteiger partial charge in [-0.1, -0.05) is 71.7 Å². The van der Waals surface area contributed by atoms with Crippen molar-refractivity contribution in [3.63, 3.8) is 0 Å². The second kappa shape index (κ2) is 9.22. The average Bonchev–Trinajstić information content (AvgIpc) is 3.29. The highest BCUT2D eigenvalue weighted by molar-refractivity contribution is 6.30. The SMILES string of the molecule is Cn1cncc1C(O)(c1ccc(Cl)cc1)c1ccc2nc(Cl)cc(CCc3ccccc3)c2c1. The highest BCUT2D eigenvalue weighted by Gasteiger charge is 2.36. The van der Waals surface area contributed by atoms with Gasteiger partial charge in [0.25, 0.3) is 0 Å². The molecule has 2 aromatic heterocycles. The fourth-order valence-electron chi connectivity index (χ4n) is 4.47. The number of benzene rings is 3. The van der Waals surface area contributed by atoms with Gasteiger partial charge in [-0.15, -0.1) is 0 Å². The number of aryl methyl sites for hydroxylation is 3. The van der Waals surface area contributed by atoms with E-state index in [2.05, 4.69) is 22.1 Å². The Morgan fingerprint density at radius 2 is 1.62 bits per heavy atom. The molecule has 0 aliphatic rings. The van der Waals surface area contributed by atoms with E-state index < -0.39 is 5.60 Å². The van der Waals surface area contributed by atoms with E-state index in [0.717, 1.165) is 34.9 Å². The molecule has 1 unspecified atom stereocenters. The number of nitrogens with zero attached hydrogens (tertiary/aromatic N) is 3. The number of rotatable bonds is 6. The molecule has 0 bridgehead atoms. The van der Waals surface area contributed by atoms with E-state index in [1.807, 2.05) is 66.2 Å². The van der Waals surface area contributed by atoms with Gasteiger partial charge in [-0.3, -0.25) is 0 Å². The summed E-state index contributed by atoms with van der Waals surface area (Å²) in [5, 5.41) is 14.3. The molecule has 2 heterocycles. The van der Waals surface area contributed by atoms with Crippen LogP contribution in [0, 0.1) is 0 Å². The first-order valence-corrected chi connectivity index (χ1v) is 11.8. The molecule has 5 aromatic rings. The molecule has 3 aromatic carbocycles. The van der Waals surface area contributed by atoms with Crippen molar-refractivity contribution >= 4 is 34.1 Å². The molecule has 170 valence electrons. The fourth-order valence-corrected chi connectivity index (χ4v) is 4.82. The van der Waals surface area contributed by atoms with Crippen LogP contribution in [0.5, 0.6) is 0 Å². The summed E-state index contributed by atoms with van der Waals surface area (Å²) in [5.74, 6) is 0. The van der Waals surface area contributed by atoms with Gasteiger partial charge in [0.1, 0.15) is 5.15 Å². The Morgan fingerprint density at radius 1 is 0.882 bits per heavy atom. The Hall–Kier alpha value is -3.18. The van der Waals surface area contributed by atoms with Crippen molar-refractivity contribution in [1.29, 1.82) is 0 Å². The summed E-state index contributed by atoms with van der Waals surface area (Å²) in [6.07, 6.45) is 5.06. The Labute approximate surface area is 208 Å². The minimum atomic E-state index is -1.43. The molecule has 5 rings (SSSR count). The number of pyridine rings is 1. The van der Waals surface area contributed by atoms with Crippen molar-refractivity contribution < 1.29 is 5.11 Å². The maximum absolute atomic E-state index is 12.2. The zero-order chi connectivity index (χ0) is 23.7. The molecule has 0 aliphatic carbocycles. The average molecular weight is 488 g/mol. The number of aromatic nitrogens is 3. The van der Waals surface area contributed by atoms with Crippen molar-refractivity contribution in [3.8, 4) is 0 Å². The summed E-state index contributed by atoms with van der Waals surface area (Å²) in [4.78, 5) is 8.79. The predicted octanol–water partition coefficient (Wildman–Crippen LogP) is 6.34. The summed E-state index contributed by atoms with van der Waals surface area (Å²) in [6.45, 7) is 0. The Bertz CT molecular complexity index is 1450. The number of fused-ring (bicyclic) bond motifs is 1. The first-order chi connectivity index (χ1) is 16.4. The Kier molecular flexibility index (Phi) is 6.13. The molecule has 0 spiro atoms. The van der Waals surface area contributed by atoms with E-state index in [-0.39, 0.29) is 0 Å². The molecule has 0 saturated carbocycles. The van der Waals surface area contributed by atoms with Crippen LogP contribution >= 0.6 is 23.2 Å². The van der Waals surface area contributed by atoms with Crippen LogP contribution in [-0.2, 0) is 25.5 Å². The third-order valence-electron chi connectivity index (χ3n) is 6.26. The summed E-state index contributed by atoms with van der Waals surface area (Å²) in [7, 11) is 1.87. The van der Waals surface area contributed by atoms with E-state index in [1.54, 1.807) is 24.7 Å². The van der Waals surface area contributed by atoms with Crippen LogP contribution in [0.25, 0.3) is 10.9 Å². The molecule has 1 atom stereocenters. The van der Waals surface area contributed by atoms with Crippen molar-refractivity contribution in [2.75, 3.05) is 0 Å². The predicted molar refractivity (Wildman–Crippen MR) is 137 cm³/mol. The van der Waals surface area contributed by atoms with Crippen LogP contribution in [0.2, 0.25) is 10.2 Å². The minimum absolute atomic E-state index is 0.461. The monoisotopic (exact) mass is 487 g/mol. The normalized spacial score (nSPS) is 13.2. The second-order valence-corrected chi connectivity index (χ2v) is 9.25. The Morgan fingerprint density at radius 3 is 2.32 bits per heavy atom. The minimum Gasteiger partial charge on any atom is -0.374 e. The van der Waals surface area contributed by atoms with Crippen LogP contribution in [0.4, 0.5) is 0 Å². The molecule has 0 aliphatic heterocycles. The summed E-state index contributed by atoms with van der Waals surface area (Å²) >= 11 is 12.5. The lowest BCUT2D eigenvalue weighted by Crippen LogP contribution is -2.31. The summed E-state index contributed by atoms with van der Waals surface area (Å²) in [5.41, 5.74) is 3.78. The fraction of sp³-hybridized carbons (Fsp3) is 0.143. The summed E-state index contributed by atoms with van der Waals surface area (Å²) in [6, 6.07) is 25.4. The van der Waals surface area contributed by atoms with Gasteiger partial charge < -0.3 is 9.67 Å². The van der Waals surface area contributed by atoms with E-state index in [9.17, 15) is 5.11 Å². The van der Waals surface area contributed by atoms with Gasteiger partial charge in [-0.2, -0.15) is 0 Å². The molecule has 0 amide bonds. The van der Waals surface area contributed by atoms with Gasteiger partial charge in [-0.05, 0) is 65.4 Å². The highest BCUT2D eigenvalue weighted by atomic mass is 35.5. The van der Waals surface area contributed by atoms with Gasteiger partial charge in [-0.25, -0.2) is 9.97 Å². The van der Waals surface area contributed by atoms with Crippen molar-refractivity contribution in [1.82, 2.24) is 14.5 Å². The molecule has 0 fully saturated rings. The van der Waals surface area contributed by atoms with Gasteiger partial charge in [0.15, 0.2) is 5.60 Å². The van der Waals surface area contributed by atoms with Crippen LogP contribution in [0.1, 0.15) is 27.9 Å². The lowest BCUT2D eigenvalue weighted by molar-refractivity contribution is 0.117. The lowest BCUT2D eigenvalue weighted by Gasteiger charge is -2.30. The van der Waals surface area contributed by atoms with Gasteiger partial charge in [0.2, 0.25) is 0 Å². The zero-order valence-electron chi connectivity index (χ0n) is 18.6. The molecule has 4 nitrogen and oxygen atoms in total. The maximum atomic E-state index is 12.2. The largest absolute Gasteiger partial charge is 0.374 e. The summed E-state index contributed by atoms with van der Waals surface area (Å²) < 4.78 is 1.83. The molecule has 34 heavy (non-hydrogen) atoms. The van der Waals surface area contributed by atoms with E-state index in [1.165, 1.54) is 5.56 Å². The third kappa shape index (κ3) is 4.21. The van der Waals surface area contributed by atoms with Crippen LogP contribution in [-0.4, -0.2) is 19.6 Å². The molecule has 0 radical (unpaired) electrons. The zero-order valence-corrected chi connectivity index (χ0v) is 20.1. The van der Waals surface area contributed by atoms with Gasteiger partial charge >= 0.3 is 0 Å². The van der Waals surface area contributed by atoms with Crippen LogP contribution in [0.15, 0.2) is 91.4 Å². The molecule has 6 heteroatoms. The quantitative estimate of drug-likeness (QED) is 0.284. The lowest BCUT2D eigenvalue weighted by atomic mass is 9.82. The molecule has 1 N–H and O–H groups in total. The van der Waals surface area contributed by atoms with E-state index in [4.69, 9.17) is 23.2 Å². The van der Waals surface area contributed by atoms with Crippen LogP contribution in [0.3, 0.4) is 0 Å². The smallest absolute Gasteiger partial charge is 0.156 e.